The molecule has 5 heteroatoms. The largest absolute Gasteiger partial charge is 0.320 e. The van der Waals surface area contributed by atoms with Crippen LogP contribution < -0.4 is 5.73 Å². The van der Waals surface area contributed by atoms with E-state index in [9.17, 15) is 8.78 Å². The quantitative estimate of drug-likeness (QED) is 0.818. The van der Waals surface area contributed by atoms with Crippen molar-refractivity contribution in [1.82, 2.24) is 0 Å². The van der Waals surface area contributed by atoms with Crippen LogP contribution in [0, 0.1) is 11.6 Å². The van der Waals surface area contributed by atoms with Crippen molar-refractivity contribution in [3.8, 4) is 0 Å². The van der Waals surface area contributed by atoms with Crippen LogP contribution in [0.2, 0.25) is 0 Å². The standard InChI is InChI=1S/C13H9Br2F2N/c14-10-3-2-8(16)6-9(10)13(18)7-1-4-12(17)11(15)5-7/h1-6,13H,18H2. The summed E-state index contributed by atoms with van der Waals surface area (Å²) in [6.45, 7) is 0. The lowest BCUT2D eigenvalue weighted by molar-refractivity contribution is 0.617. The highest BCUT2D eigenvalue weighted by atomic mass is 79.9. The second-order valence-electron chi connectivity index (χ2n) is 3.82. The van der Waals surface area contributed by atoms with E-state index in [2.05, 4.69) is 31.9 Å². The van der Waals surface area contributed by atoms with Gasteiger partial charge in [-0.3, -0.25) is 0 Å². The van der Waals surface area contributed by atoms with Crippen molar-refractivity contribution in [2.45, 2.75) is 6.04 Å². The molecule has 1 atom stereocenters. The first-order valence-corrected chi connectivity index (χ1v) is 6.73. The summed E-state index contributed by atoms with van der Waals surface area (Å²) in [5, 5.41) is 0. The van der Waals surface area contributed by atoms with Gasteiger partial charge in [0.1, 0.15) is 11.6 Å². The Morgan fingerprint density at radius 2 is 1.67 bits per heavy atom. The van der Waals surface area contributed by atoms with Crippen LogP contribution in [0.5, 0.6) is 0 Å². The maximum atomic E-state index is 13.2. The molecule has 2 aromatic rings. The summed E-state index contributed by atoms with van der Waals surface area (Å²) in [6, 6.07) is 8.30. The van der Waals surface area contributed by atoms with Crippen LogP contribution in [0.1, 0.15) is 17.2 Å². The average molecular weight is 377 g/mol. The van der Waals surface area contributed by atoms with Crippen molar-refractivity contribution in [1.29, 1.82) is 0 Å². The van der Waals surface area contributed by atoms with E-state index in [0.717, 1.165) is 4.47 Å². The number of rotatable bonds is 2. The molecule has 0 bridgehead atoms. The van der Waals surface area contributed by atoms with E-state index < -0.39 is 6.04 Å². The van der Waals surface area contributed by atoms with Gasteiger partial charge in [-0.15, -0.1) is 0 Å². The molecule has 0 aliphatic rings. The molecule has 1 nitrogen and oxygen atoms in total. The summed E-state index contributed by atoms with van der Waals surface area (Å²) in [5.41, 5.74) is 7.39. The van der Waals surface area contributed by atoms with Gasteiger partial charge in [0.2, 0.25) is 0 Å². The lowest BCUT2D eigenvalue weighted by atomic mass is 9.99. The first-order chi connectivity index (χ1) is 8.49. The van der Waals surface area contributed by atoms with Gasteiger partial charge in [0.05, 0.1) is 10.5 Å². The summed E-state index contributed by atoms with van der Waals surface area (Å²) in [7, 11) is 0. The Balaban J connectivity index is 2.44. The lowest BCUT2D eigenvalue weighted by Crippen LogP contribution is -2.13. The van der Waals surface area contributed by atoms with Gasteiger partial charge in [-0.1, -0.05) is 22.0 Å². The molecule has 2 rings (SSSR count). The molecular weight excluding hydrogens is 368 g/mol. The number of halogens is 4. The molecule has 18 heavy (non-hydrogen) atoms. The van der Waals surface area contributed by atoms with Gasteiger partial charge >= 0.3 is 0 Å². The topological polar surface area (TPSA) is 26.0 Å². The van der Waals surface area contributed by atoms with Crippen LogP contribution in [-0.4, -0.2) is 0 Å². The molecule has 0 radical (unpaired) electrons. The van der Waals surface area contributed by atoms with Gasteiger partial charge < -0.3 is 5.73 Å². The third-order valence-corrected chi connectivity index (χ3v) is 3.93. The summed E-state index contributed by atoms with van der Waals surface area (Å²) in [4.78, 5) is 0. The van der Waals surface area contributed by atoms with Crippen molar-refractivity contribution in [3.63, 3.8) is 0 Å². The minimum atomic E-state index is -0.521. The lowest BCUT2D eigenvalue weighted by Gasteiger charge is -2.15. The van der Waals surface area contributed by atoms with E-state index in [1.54, 1.807) is 18.2 Å². The van der Waals surface area contributed by atoms with Crippen LogP contribution in [0.15, 0.2) is 45.3 Å². The van der Waals surface area contributed by atoms with Crippen LogP contribution in [0.4, 0.5) is 8.78 Å². The Bertz CT molecular complexity index is 587. The van der Waals surface area contributed by atoms with Gasteiger partial charge in [0.15, 0.2) is 0 Å². The maximum Gasteiger partial charge on any atom is 0.137 e. The van der Waals surface area contributed by atoms with E-state index in [4.69, 9.17) is 5.73 Å². The van der Waals surface area contributed by atoms with E-state index >= 15 is 0 Å². The molecule has 0 fully saturated rings. The highest BCUT2D eigenvalue weighted by molar-refractivity contribution is 9.10. The fraction of sp³-hybridized carbons (Fsp3) is 0.0769. The molecule has 2 aromatic carbocycles. The van der Waals surface area contributed by atoms with E-state index in [0.29, 0.717) is 15.6 Å². The molecule has 1 unspecified atom stereocenters. The number of hydrogen-bond donors (Lipinski definition) is 1. The van der Waals surface area contributed by atoms with Gasteiger partial charge in [-0.05, 0) is 57.4 Å². The normalized spacial score (nSPS) is 12.5. The molecule has 0 aliphatic carbocycles. The van der Waals surface area contributed by atoms with E-state index in [1.807, 2.05) is 0 Å². The fourth-order valence-corrected chi connectivity index (χ4v) is 2.53. The zero-order valence-electron chi connectivity index (χ0n) is 9.13. The highest BCUT2D eigenvalue weighted by Crippen LogP contribution is 2.29. The molecule has 94 valence electrons. The van der Waals surface area contributed by atoms with Gasteiger partial charge in [0, 0.05) is 4.47 Å². The van der Waals surface area contributed by atoms with Gasteiger partial charge in [-0.25, -0.2) is 8.78 Å². The van der Waals surface area contributed by atoms with Crippen molar-refractivity contribution in [3.05, 3.63) is 68.1 Å². The SMILES string of the molecule is NC(c1ccc(F)c(Br)c1)c1cc(F)ccc1Br. The Morgan fingerprint density at radius 1 is 0.944 bits per heavy atom. The minimum absolute atomic E-state index is 0.336. The number of benzene rings is 2. The van der Waals surface area contributed by atoms with Crippen LogP contribution in [0.3, 0.4) is 0 Å². The summed E-state index contributed by atoms with van der Waals surface area (Å²) >= 11 is 6.43. The van der Waals surface area contributed by atoms with Gasteiger partial charge in [-0.2, -0.15) is 0 Å². The maximum absolute atomic E-state index is 13.2. The Hall–Kier alpha value is -0.780. The van der Waals surface area contributed by atoms with Crippen molar-refractivity contribution < 1.29 is 8.78 Å². The summed E-state index contributed by atoms with van der Waals surface area (Å²) in [5.74, 6) is -0.714. The summed E-state index contributed by atoms with van der Waals surface area (Å²) in [6.07, 6.45) is 0. The Kier molecular flexibility index (Phi) is 4.14. The van der Waals surface area contributed by atoms with E-state index in [-0.39, 0.29) is 11.6 Å². The average Bonchev–Trinajstić information content (AvgIpc) is 2.35. The number of nitrogens with two attached hydrogens (primary N) is 1. The smallest absolute Gasteiger partial charge is 0.137 e. The second kappa shape index (κ2) is 5.47. The monoisotopic (exact) mass is 375 g/mol. The zero-order valence-corrected chi connectivity index (χ0v) is 12.3. The Labute approximate surface area is 120 Å². The molecule has 0 saturated heterocycles. The van der Waals surface area contributed by atoms with E-state index in [1.165, 1.54) is 18.2 Å². The van der Waals surface area contributed by atoms with Crippen LogP contribution in [-0.2, 0) is 0 Å². The van der Waals surface area contributed by atoms with Gasteiger partial charge in [0.25, 0.3) is 0 Å². The molecule has 0 saturated carbocycles. The molecule has 0 amide bonds. The van der Waals surface area contributed by atoms with Crippen LogP contribution >= 0.6 is 31.9 Å². The molecular formula is C13H9Br2F2N. The van der Waals surface area contributed by atoms with Crippen molar-refractivity contribution in [2.75, 3.05) is 0 Å². The predicted molar refractivity (Wildman–Crippen MR) is 74.2 cm³/mol. The first kappa shape index (κ1) is 13.6. The molecule has 0 heterocycles. The first-order valence-electron chi connectivity index (χ1n) is 5.14. The molecule has 0 aromatic heterocycles. The third-order valence-electron chi connectivity index (χ3n) is 2.60. The highest BCUT2D eigenvalue weighted by Gasteiger charge is 2.14. The zero-order chi connectivity index (χ0) is 13.3. The van der Waals surface area contributed by atoms with Crippen molar-refractivity contribution in [2.24, 2.45) is 5.73 Å². The third kappa shape index (κ3) is 2.79. The number of hydrogen-bond acceptors (Lipinski definition) is 1. The fourth-order valence-electron chi connectivity index (χ4n) is 1.64. The Morgan fingerprint density at radius 3 is 2.33 bits per heavy atom. The minimum Gasteiger partial charge on any atom is -0.320 e. The predicted octanol–water partition coefficient (Wildman–Crippen LogP) is 4.54. The summed E-state index contributed by atoms with van der Waals surface area (Å²) < 4.78 is 27.4. The van der Waals surface area contributed by atoms with Crippen molar-refractivity contribution >= 4 is 31.9 Å². The second-order valence-corrected chi connectivity index (χ2v) is 5.53. The van der Waals surface area contributed by atoms with Crippen LogP contribution in [0.25, 0.3) is 0 Å². The molecule has 0 aliphatic heterocycles. The molecule has 0 spiro atoms. The molecule has 2 N–H and O–H groups in total.